The number of nitrogens with one attached hydrogen (secondary N) is 1. The van der Waals surface area contributed by atoms with Crippen molar-refractivity contribution in [3.63, 3.8) is 0 Å². The molecule has 4 aromatic rings. The first-order valence-electron chi connectivity index (χ1n) is 8.07. The van der Waals surface area contributed by atoms with Crippen LogP contribution in [0.5, 0.6) is 0 Å². The summed E-state index contributed by atoms with van der Waals surface area (Å²) in [7, 11) is 0. The van der Waals surface area contributed by atoms with Crippen molar-refractivity contribution in [2.24, 2.45) is 0 Å². The quantitative estimate of drug-likeness (QED) is 0.418. The molecule has 4 rings (SSSR count). The van der Waals surface area contributed by atoms with Crippen LogP contribution >= 0.6 is 0 Å². The van der Waals surface area contributed by atoms with Crippen LogP contribution in [0.3, 0.4) is 0 Å². The van der Waals surface area contributed by atoms with Gasteiger partial charge in [-0.15, -0.1) is 0 Å². The van der Waals surface area contributed by atoms with Gasteiger partial charge >= 0.3 is 0 Å². The Morgan fingerprint density at radius 2 is 1.72 bits per heavy atom. The number of rotatable bonds is 2. The number of pyridine rings is 1. The summed E-state index contributed by atoms with van der Waals surface area (Å²) in [6.45, 7) is 1.51. The van der Waals surface area contributed by atoms with E-state index in [9.17, 15) is 4.79 Å². The van der Waals surface area contributed by atoms with Gasteiger partial charge in [-0.05, 0) is 40.8 Å². The number of nitrogen functional groups attached to an aromatic ring is 1. The molecule has 3 aromatic carbocycles. The van der Waals surface area contributed by atoms with E-state index >= 15 is 0 Å². The third kappa shape index (κ3) is 2.78. The van der Waals surface area contributed by atoms with E-state index < -0.39 is 0 Å². The first-order chi connectivity index (χ1) is 12.1. The first-order valence-corrected chi connectivity index (χ1v) is 8.07. The monoisotopic (exact) mass is 327 g/mol. The Bertz CT molecular complexity index is 1100. The van der Waals surface area contributed by atoms with Crippen molar-refractivity contribution in [3.05, 3.63) is 66.9 Å². The second kappa shape index (κ2) is 5.91. The summed E-state index contributed by atoms with van der Waals surface area (Å²) >= 11 is 0. The highest BCUT2D eigenvalue weighted by molar-refractivity contribution is 6.13. The van der Waals surface area contributed by atoms with Gasteiger partial charge in [-0.3, -0.25) is 9.78 Å². The Labute approximate surface area is 145 Å². The zero-order valence-electron chi connectivity index (χ0n) is 13.8. The Hall–Kier alpha value is -3.40. The lowest BCUT2D eigenvalue weighted by atomic mass is 9.98. The van der Waals surface area contributed by atoms with E-state index in [1.165, 1.54) is 6.92 Å². The molecule has 4 heteroatoms. The molecule has 0 bridgehead atoms. The largest absolute Gasteiger partial charge is 0.399 e. The number of anilines is 2. The molecule has 0 fully saturated rings. The van der Waals surface area contributed by atoms with Crippen LogP contribution in [-0.2, 0) is 4.79 Å². The molecular weight excluding hydrogens is 310 g/mol. The van der Waals surface area contributed by atoms with Crippen molar-refractivity contribution < 1.29 is 4.79 Å². The lowest BCUT2D eigenvalue weighted by Crippen LogP contribution is -2.06. The smallest absolute Gasteiger partial charge is 0.221 e. The zero-order valence-corrected chi connectivity index (χ0v) is 13.8. The third-order valence-electron chi connectivity index (χ3n) is 4.24. The number of hydrogen-bond donors (Lipinski definition) is 2. The number of carbonyl (C=O) groups excluding carboxylic acids is 1. The minimum Gasteiger partial charge on any atom is -0.399 e. The van der Waals surface area contributed by atoms with Gasteiger partial charge in [-0.25, -0.2) is 0 Å². The summed E-state index contributed by atoms with van der Waals surface area (Å²) in [5.41, 5.74) is 10.3. The number of benzene rings is 3. The van der Waals surface area contributed by atoms with Crippen LogP contribution in [0.4, 0.5) is 11.4 Å². The van der Waals surface area contributed by atoms with Gasteiger partial charge in [0.2, 0.25) is 5.91 Å². The molecule has 3 N–H and O–H groups in total. The molecule has 0 aliphatic rings. The fraction of sp³-hybridized carbons (Fsp3) is 0.0476. The number of nitrogens with zero attached hydrogens (tertiary/aromatic N) is 1. The van der Waals surface area contributed by atoms with Gasteiger partial charge in [0.15, 0.2) is 0 Å². The van der Waals surface area contributed by atoms with Gasteiger partial charge in [-0.1, -0.05) is 36.4 Å². The molecule has 0 aliphatic heterocycles. The molecule has 122 valence electrons. The summed E-state index contributed by atoms with van der Waals surface area (Å²) in [6.07, 6.45) is 1.79. The van der Waals surface area contributed by atoms with Crippen molar-refractivity contribution in [3.8, 4) is 11.1 Å². The predicted octanol–water partition coefficient (Wildman–Crippen LogP) is 4.60. The predicted molar refractivity (Wildman–Crippen MR) is 103 cm³/mol. The molecule has 1 amide bonds. The second-order valence-electron chi connectivity index (χ2n) is 6.07. The summed E-state index contributed by atoms with van der Waals surface area (Å²) < 4.78 is 0. The molecule has 0 aliphatic carbocycles. The van der Waals surface area contributed by atoms with Crippen LogP contribution in [0, 0.1) is 0 Å². The van der Waals surface area contributed by atoms with E-state index in [4.69, 9.17) is 5.73 Å². The molecule has 0 saturated heterocycles. The lowest BCUT2D eigenvalue weighted by molar-refractivity contribution is -0.114. The van der Waals surface area contributed by atoms with Crippen LogP contribution in [-0.4, -0.2) is 10.9 Å². The van der Waals surface area contributed by atoms with E-state index in [1.807, 2.05) is 42.5 Å². The molecule has 0 radical (unpaired) electrons. The number of amides is 1. The van der Waals surface area contributed by atoms with E-state index in [0.29, 0.717) is 5.69 Å². The Morgan fingerprint density at radius 1 is 0.920 bits per heavy atom. The average Bonchev–Trinajstić information content (AvgIpc) is 2.61. The number of aromatic nitrogens is 1. The van der Waals surface area contributed by atoms with Gasteiger partial charge < -0.3 is 11.1 Å². The Morgan fingerprint density at radius 3 is 2.48 bits per heavy atom. The van der Waals surface area contributed by atoms with Crippen LogP contribution in [0.2, 0.25) is 0 Å². The molecule has 0 spiro atoms. The normalized spacial score (nSPS) is 10.9. The maximum atomic E-state index is 11.7. The number of hydrogen-bond acceptors (Lipinski definition) is 3. The summed E-state index contributed by atoms with van der Waals surface area (Å²) in [4.78, 5) is 16.2. The number of nitrogens with two attached hydrogens (primary N) is 1. The van der Waals surface area contributed by atoms with Crippen LogP contribution in [0.1, 0.15) is 6.92 Å². The molecule has 0 unspecified atom stereocenters. The third-order valence-corrected chi connectivity index (χ3v) is 4.24. The van der Waals surface area contributed by atoms with Crippen molar-refractivity contribution in [1.82, 2.24) is 4.98 Å². The van der Waals surface area contributed by atoms with Gasteiger partial charge in [0.05, 0.1) is 11.2 Å². The van der Waals surface area contributed by atoms with Crippen LogP contribution in [0.15, 0.2) is 66.9 Å². The van der Waals surface area contributed by atoms with Crippen molar-refractivity contribution in [2.75, 3.05) is 11.1 Å². The fourth-order valence-corrected chi connectivity index (χ4v) is 3.12. The number of carbonyl (C=O) groups is 1. The lowest BCUT2D eigenvalue weighted by Gasteiger charge is -2.13. The SMILES string of the molecule is CC(=O)Nc1cc(-c2ccccc2)cc2c1cnc1cc(N)ccc12. The van der Waals surface area contributed by atoms with E-state index in [0.717, 1.165) is 38.5 Å². The number of fused-ring (bicyclic) bond motifs is 3. The maximum absolute atomic E-state index is 11.7. The van der Waals surface area contributed by atoms with Crippen LogP contribution in [0.25, 0.3) is 32.8 Å². The van der Waals surface area contributed by atoms with E-state index in [2.05, 4.69) is 28.5 Å². The summed E-state index contributed by atoms with van der Waals surface area (Å²) in [5.74, 6) is -0.107. The minimum atomic E-state index is -0.107. The van der Waals surface area contributed by atoms with E-state index in [1.54, 1.807) is 6.20 Å². The molecule has 1 aromatic heterocycles. The van der Waals surface area contributed by atoms with Crippen molar-refractivity contribution in [2.45, 2.75) is 6.92 Å². The van der Waals surface area contributed by atoms with Crippen molar-refractivity contribution >= 4 is 39.0 Å². The standard InChI is InChI=1S/C21H17N3O/c1-13(25)24-21-10-15(14-5-3-2-4-6-14)9-18-17-8-7-16(22)11-20(17)23-12-19(18)21/h2-12H,22H2,1H3,(H,24,25). The molecule has 0 atom stereocenters. The Kier molecular flexibility index (Phi) is 3.58. The summed E-state index contributed by atoms with van der Waals surface area (Å²) in [5, 5.41) is 5.89. The minimum absolute atomic E-state index is 0.107. The van der Waals surface area contributed by atoms with Gasteiger partial charge in [0, 0.05) is 29.6 Å². The zero-order chi connectivity index (χ0) is 17.4. The highest BCUT2D eigenvalue weighted by atomic mass is 16.1. The van der Waals surface area contributed by atoms with Gasteiger partial charge in [0.1, 0.15) is 0 Å². The molecule has 4 nitrogen and oxygen atoms in total. The highest BCUT2D eigenvalue weighted by Gasteiger charge is 2.11. The fourth-order valence-electron chi connectivity index (χ4n) is 3.12. The molecule has 1 heterocycles. The first kappa shape index (κ1) is 15.1. The average molecular weight is 327 g/mol. The highest BCUT2D eigenvalue weighted by Crippen LogP contribution is 2.34. The maximum Gasteiger partial charge on any atom is 0.221 e. The molecule has 0 saturated carbocycles. The van der Waals surface area contributed by atoms with Gasteiger partial charge in [-0.2, -0.15) is 0 Å². The Balaban J connectivity index is 2.07. The second-order valence-corrected chi connectivity index (χ2v) is 6.07. The molecular formula is C21H17N3O. The summed E-state index contributed by atoms with van der Waals surface area (Å²) in [6, 6.07) is 19.9. The van der Waals surface area contributed by atoms with Crippen LogP contribution < -0.4 is 11.1 Å². The van der Waals surface area contributed by atoms with Gasteiger partial charge in [0.25, 0.3) is 0 Å². The topological polar surface area (TPSA) is 68.0 Å². The molecule has 25 heavy (non-hydrogen) atoms. The van der Waals surface area contributed by atoms with E-state index in [-0.39, 0.29) is 5.91 Å². The van der Waals surface area contributed by atoms with Crippen molar-refractivity contribution in [1.29, 1.82) is 0 Å².